The summed E-state index contributed by atoms with van der Waals surface area (Å²) >= 11 is 0. The molecule has 1 aromatic carbocycles. The van der Waals surface area contributed by atoms with Gasteiger partial charge in [0.15, 0.2) is 5.69 Å². The first-order valence-electron chi connectivity index (χ1n) is 10.3. The summed E-state index contributed by atoms with van der Waals surface area (Å²) in [5, 5.41) is 2.56. The SMILES string of the molecule is [C-]#[N+]c1ccc(C(=O)N[C@@H](C)C(=O)OCCOCCOCCOCCOCCOC)cc1. The van der Waals surface area contributed by atoms with Gasteiger partial charge in [0.2, 0.25) is 0 Å². The van der Waals surface area contributed by atoms with Crippen LogP contribution in [0.5, 0.6) is 0 Å². The molecule has 10 heteroatoms. The molecule has 0 aromatic heterocycles. The lowest BCUT2D eigenvalue weighted by atomic mass is 10.2. The summed E-state index contributed by atoms with van der Waals surface area (Å²) < 4.78 is 31.2. The second kappa shape index (κ2) is 18.1. The molecular weight excluding hydrogens is 420 g/mol. The number of ether oxygens (including phenoxy) is 6. The monoisotopic (exact) mass is 452 g/mol. The molecule has 0 aliphatic carbocycles. The van der Waals surface area contributed by atoms with Crippen molar-refractivity contribution < 1.29 is 38.0 Å². The van der Waals surface area contributed by atoms with E-state index in [0.29, 0.717) is 64.1 Å². The number of esters is 1. The van der Waals surface area contributed by atoms with Gasteiger partial charge in [-0.2, -0.15) is 0 Å². The summed E-state index contributed by atoms with van der Waals surface area (Å²) in [5.41, 5.74) is 0.799. The molecule has 0 aliphatic rings. The van der Waals surface area contributed by atoms with Gasteiger partial charge in [0.1, 0.15) is 12.6 Å². The molecule has 0 saturated heterocycles. The molecule has 178 valence electrons. The molecule has 1 N–H and O–H groups in total. The molecule has 0 heterocycles. The largest absolute Gasteiger partial charge is 0.462 e. The fraction of sp³-hybridized carbons (Fsp3) is 0.591. The first-order chi connectivity index (χ1) is 15.6. The van der Waals surface area contributed by atoms with Crippen molar-refractivity contribution in [2.75, 3.05) is 73.2 Å². The molecule has 10 nitrogen and oxygen atoms in total. The van der Waals surface area contributed by atoms with Crippen LogP contribution < -0.4 is 5.32 Å². The molecule has 0 spiro atoms. The maximum absolute atomic E-state index is 12.1. The number of hydrogen-bond acceptors (Lipinski definition) is 8. The number of amides is 1. The van der Waals surface area contributed by atoms with Crippen LogP contribution in [0, 0.1) is 6.57 Å². The molecule has 1 rings (SSSR count). The van der Waals surface area contributed by atoms with Gasteiger partial charge in [-0.3, -0.25) is 4.79 Å². The minimum Gasteiger partial charge on any atom is -0.462 e. The van der Waals surface area contributed by atoms with E-state index in [2.05, 4.69) is 10.2 Å². The summed E-state index contributed by atoms with van der Waals surface area (Å²) in [6.45, 7) is 12.6. The van der Waals surface area contributed by atoms with E-state index in [-0.39, 0.29) is 13.2 Å². The van der Waals surface area contributed by atoms with Gasteiger partial charge in [-0.25, -0.2) is 9.64 Å². The normalized spacial score (nSPS) is 11.5. The van der Waals surface area contributed by atoms with Gasteiger partial charge in [-0.1, -0.05) is 24.3 Å². The maximum atomic E-state index is 12.1. The lowest BCUT2D eigenvalue weighted by molar-refractivity contribution is -0.147. The lowest BCUT2D eigenvalue weighted by Crippen LogP contribution is -2.39. The number of hydrogen-bond donors (Lipinski definition) is 1. The molecule has 1 aromatic rings. The third-order valence-electron chi connectivity index (χ3n) is 3.98. The molecule has 0 radical (unpaired) electrons. The van der Waals surface area contributed by atoms with Crippen LogP contribution in [0.15, 0.2) is 24.3 Å². The molecule has 0 bridgehead atoms. The van der Waals surface area contributed by atoms with E-state index in [1.54, 1.807) is 19.2 Å². The van der Waals surface area contributed by atoms with Crippen LogP contribution in [0.1, 0.15) is 17.3 Å². The van der Waals surface area contributed by atoms with E-state index in [0.717, 1.165) is 0 Å². The molecule has 0 aliphatic heterocycles. The number of carbonyl (C=O) groups is 2. The van der Waals surface area contributed by atoms with Crippen LogP contribution in [-0.2, 0) is 33.2 Å². The van der Waals surface area contributed by atoms with Gasteiger partial charge < -0.3 is 33.7 Å². The van der Waals surface area contributed by atoms with Gasteiger partial charge in [0, 0.05) is 12.7 Å². The Morgan fingerprint density at radius 3 is 1.78 bits per heavy atom. The molecule has 0 fully saturated rings. The Balaban J connectivity index is 1.97. The molecule has 1 atom stereocenters. The van der Waals surface area contributed by atoms with E-state index in [4.69, 9.17) is 35.0 Å². The van der Waals surface area contributed by atoms with Crippen molar-refractivity contribution in [1.82, 2.24) is 5.32 Å². The van der Waals surface area contributed by atoms with Crippen molar-refractivity contribution in [3.8, 4) is 0 Å². The summed E-state index contributed by atoms with van der Waals surface area (Å²) in [4.78, 5) is 27.3. The number of rotatable bonds is 18. The number of carbonyl (C=O) groups excluding carboxylic acids is 2. The molecule has 32 heavy (non-hydrogen) atoms. The molecule has 0 saturated carbocycles. The molecule has 1 amide bonds. The summed E-state index contributed by atoms with van der Waals surface area (Å²) in [5.74, 6) is -0.971. The fourth-order valence-electron chi connectivity index (χ4n) is 2.26. The minimum absolute atomic E-state index is 0.0743. The number of benzene rings is 1. The van der Waals surface area contributed by atoms with E-state index < -0.39 is 17.9 Å². The van der Waals surface area contributed by atoms with Crippen molar-refractivity contribution in [3.63, 3.8) is 0 Å². The average Bonchev–Trinajstić information content (AvgIpc) is 2.81. The van der Waals surface area contributed by atoms with Gasteiger partial charge >= 0.3 is 5.97 Å². The van der Waals surface area contributed by atoms with E-state index in [9.17, 15) is 9.59 Å². The predicted octanol–water partition coefficient (Wildman–Crippen LogP) is 1.61. The summed E-state index contributed by atoms with van der Waals surface area (Å²) in [7, 11) is 1.62. The van der Waals surface area contributed by atoms with Crippen molar-refractivity contribution in [1.29, 1.82) is 0 Å². The standard InChI is InChI=1S/C22H32N2O8/c1-18(24-21(25)19-4-6-20(23-2)7-5-19)22(26)32-17-16-31-15-14-30-13-12-29-11-10-28-9-8-27-3/h4-7,18H,8-17H2,1,3H3,(H,24,25)/t18-/m0/s1. The summed E-state index contributed by atoms with van der Waals surface area (Å²) in [6, 6.07) is 5.33. The highest BCUT2D eigenvalue weighted by Crippen LogP contribution is 2.12. The lowest BCUT2D eigenvalue weighted by Gasteiger charge is -2.13. The van der Waals surface area contributed by atoms with Crippen LogP contribution >= 0.6 is 0 Å². The zero-order valence-electron chi connectivity index (χ0n) is 18.7. The van der Waals surface area contributed by atoms with Crippen molar-refractivity contribution in [2.45, 2.75) is 13.0 Å². The summed E-state index contributed by atoms with van der Waals surface area (Å²) in [6.07, 6.45) is 0. The predicted molar refractivity (Wildman–Crippen MR) is 116 cm³/mol. The van der Waals surface area contributed by atoms with E-state index >= 15 is 0 Å². The third kappa shape index (κ3) is 13.0. The number of methoxy groups -OCH3 is 1. The highest BCUT2D eigenvalue weighted by molar-refractivity contribution is 5.96. The Morgan fingerprint density at radius 1 is 0.844 bits per heavy atom. The van der Waals surface area contributed by atoms with Crippen LogP contribution in [0.4, 0.5) is 5.69 Å². The average molecular weight is 453 g/mol. The second-order valence-electron chi connectivity index (χ2n) is 6.46. The Hall–Kier alpha value is -2.55. The zero-order chi connectivity index (χ0) is 23.4. The molecular formula is C22H32N2O8. The number of nitrogens with one attached hydrogen (secondary N) is 1. The van der Waals surface area contributed by atoms with Crippen molar-refractivity contribution in [3.05, 3.63) is 41.2 Å². The van der Waals surface area contributed by atoms with Crippen LogP contribution in [-0.4, -0.2) is 91.1 Å². The highest BCUT2D eigenvalue weighted by atomic mass is 16.6. The minimum atomic E-state index is -0.809. The Kier molecular flexibility index (Phi) is 15.5. The second-order valence-corrected chi connectivity index (χ2v) is 6.46. The first-order valence-corrected chi connectivity index (χ1v) is 10.3. The van der Waals surface area contributed by atoms with Crippen LogP contribution in [0.3, 0.4) is 0 Å². The third-order valence-corrected chi connectivity index (χ3v) is 3.98. The topological polar surface area (TPSA) is 106 Å². The first kappa shape index (κ1) is 27.5. The highest BCUT2D eigenvalue weighted by Gasteiger charge is 2.17. The number of nitrogens with zero attached hydrogens (tertiary/aromatic N) is 1. The Bertz CT molecular complexity index is 690. The Labute approximate surface area is 188 Å². The van der Waals surface area contributed by atoms with Crippen molar-refractivity contribution >= 4 is 17.6 Å². The molecule has 0 unspecified atom stereocenters. The van der Waals surface area contributed by atoms with E-state index in [1.807, 2.05) is 0 Å². The van der Waals surface area contributed by atoms with Gasteiger partial charge in [0.05, 0.1) is 66.0 Å². The smallest absolute Gasteiger partial charge is 0.328 e. The van der Waals surface area contributed by atoms with Crippen LogP contribution in [0.25, 0.3) is 4.85 Å². The van der Waals surface area contributed by atoms with Crippen molar-refractivity contribution in [2.24, 2.45) is 0 Å². The van der Waals surface area contributed by atoms with Crippen LogP contribution in [0.2, 0.25) is 0 Å². The van der Waals surface area contributed by atoms with Gasteiger partial charge in [-0.15, -0.1) is 0 Å². The zero-order valence-corrected chi connectivity index (χ0v) is 18.7. The quantitative estimate of drug-likeness (QED) is 0.203. The van der Waals surface area contributed by atoms with E-state index in [1.165, 1.54) is 19.1 Å². The maximum Gasteiger partial charge on any atom is 0.328 e. The van der Waals surface area contributed by atoms with Gasteiger partial charge in [0.25, 0.3) is 5.91 Å². The Morgan fingerprint density at radius 2 is 1.31 bits per heavy atom. The fourth-order valence-corrected chi connectivity index (χ4v) is 2.26. The van der Waals surface area contributed by atoms with Gasteiger partial charge in [-0.05, 0) is 6.92 Å².